The van der Waals surface area contributed by atoms with E-state index in [0.717, 1.165) is 22.9 Å². The first-order valence-electron chi connectivity index (χ1n) is 7.31. The molecule has 6 heteroatoms. The zero-order chi connectivity index (χ0) is 15.4. The quantitative estimate of drug-likeness (QED) is 0.650. The molecule has 0 atom stereocenters. The number of nitrogens with zero attached hydrogens (tertiary/aromatic N) is 2. The second-order valence-corrected chi connectivity index (χ2v) is 6.66. The van der Waals surface area contributed by atoms with Gasteiger partial charge in [0, 0.05) is 34.7 Å². The van der Waals surface area contributed by atoms with Crippen LogP contribution in [0.4, 0.5) is 5.69 Å². The molecule has 1 aromatic rings. The molecule has 1 aromatic carbocycles. The van der Waals surface area contributed by atoms with E-state index in [1.54, 1.807) is 6.07 Å². The average molecular weight is 356 g/mol. The number of rotatable bonds is 5. The van der Waals surface area contributed by atoms with E-state index in [1.165, 1.54) is 12.8 Å². The van der Waals surface area contributed by atoms with Crippen LogP contribution in [0.25, 0.3) is 0 Å². The van der Waals surface area contributed by atoms with E-state index in [1.807, 2.05) is 19.2 Å². The molecule has 1 N–H and O–H groups in total. The molecule has 1 fully saturated rings. The smallest absolute Gasteiger partial charge is 0.275 e. The standard InChI is InChI=1S/C15H22BrN3O2/c1-17-13-5-7-14(8-6-13)18(2)10-11-3-4-12(16)9-15(11)19(20)21/h3-4,9,13-14,17H,5-8,10H2,1-2H3. The Balaban J connectivity index is 2.03. The van der Waals surface area contributed by atoms with Gasteiger partial charge in [0.25, 0.3) is 5.69 Å². The van der Waals surface area contributed by atoms with Gasteiger partial charge in [0.15, 0.2) is 0 Å². The van der Waals surface area contributed by atoms with Crippen LogP contribution in [0, 0.1) is 10.1 Å². The molecule has 1 saturated carbocycles. The molecular formula is C15H22BrN3O2. The van der Waals surface area contributed by atoms with Crippen LogP contribution in [0.3, 0.4) is 0 Å². The molecule has 116 valence electrons. The summed E-state index contributed by atoms with van der Waals surface area (Å²) in [5.41, 5.74) is 0.974. The lowest BCUT2D eigenvalue weighted by Crippen LogP contribution is -2.39. The van der Waals surface area contributed by atoms with Gasteiger partial charge in [-0.3, -0.25) is 15.0 Å². The van der Waals surface area contributed by atoms with E-state index in [-0.39, 0.29) is 10.6 Å². The minimum atomic E-state index is -0.300. The first-order chi connectivity index (χ1) is 10.0. The highest BCUT2D eigenvalue weighted by atomic mass is 79.9. The second kappa shape index (κ2) is 7.33. The molecule has 1 aliphatic carbocycles. The topological polar surface area (TPSA) is 58.4 Å². The van der Waals surface area contributed by atoms with Crippen molar-refractivity contribution in [2.75, 3.05) is 14.1 Å². The van der Waals surface area contributed by atoms with Crippen LogP contribution in [-0.4, -0.2) is 36.0 Å². The normalized spacial score (nSPS) is 22.5. The molecule has 0 aromatic heterocycles. The van der Waals surface area contributed by atoms with Crippen molar-refractivity contribution in [1.82, 2.24) is 10.2 Å². The van der Waals surface area contributed by atoms with Gasteiger partial charge in [-0.05, 0) is 51.9 Å². The van der Waals surface area contributed by atoms with Crippen molar-refractivity contribution in [3.8, 4) is 0 Å². The Labute approximate surface area is 134 Å². The van der Waals surface area contributed by atoms with E-state index in [4.69, 9.17) is 0 Å². The van der Waals surface area contributed by atoms with Crippen LogP contribution in [0.15, 0.2) is 22.7 Å². The van der Waals surface area contributed by atoms with Gasteiger partial charge >= 0.3 is 0 Å². The Morgan fingerprint density at radius 2 is 2.05 bits per heavy atom. The number of nitro groups is 1. The van der Waals surface area contributed by atoms with Crippen LogP contribution >= 0.6 is 15.9 Å². The maximum atomic E-state index is 11.2. The minimum Gasteiger partial charge on any atom is -0.317 e. The summed E-state index contributed by atoms with van der Waals surface area (Å²) in [5, 5.41) is 14.5. The molecule has 0 unspecified atom stereocenters. The molecule has 0 bridgehead atoms. The van der Waals surface area contributed by atoms with Crippen molar-refractivity contribution in [2.24, 2.45) is 0 Å². The average Bonchev–Trinajstić information content (AvgIpc) is 2.49. The van der Waals surface area contributed by atoms with Crippen LogP contribution in [0.1, 0.15) is 31.2 Å². The monoisotopic (exact) mass is 355 g/mol. The number of halogens is 1. The van der Waals surface area contributed by atoms with Gasteiger partial charge in [-0.25, -0.2) is 0 Å². The van der Waals surface area contributed by atoms with Gasteiger partial charge in [0.05, 0.1) is 4.92 Å². The lowest BCUT2D eigenvalue weighted by atomic mass is 9.90. The molecular weight excluding hydrogens is 334 g/mol. The Bertz CT molecular complexity index is 502. The zero-order valence-electron chi connectivity index (χ0n) is 12.5. The van der Waals surface area contributed by atoms with Gasteiger partial charge in [-0.15, -0.1) is 0 Å². The maximum absolute atomic E-state index is 11.2. The molecule has 1 aliphatic rings. The van der Waals surface area contributed by atoms with Crippen molar-refractivity contribution in [1.29, 1.82) is 0 Å². The summed E-state index contributed by atoms with van der Waals surface area (Å²) < 4.78 is 0.745. The summed E-state index contributed by atoms with van der Waals surface area (Å²) in [6, 6.07) is 6.43. The lowest BCUT2D eigenvalue weighted by Gasteiger charge is -2.34. The summed E-state index contributed by atoms with van der Waals surface area (Å²) in [5.74, 6) is 0. The summed E-state index contributed by atoms with van der Waals surface area (Å²) in [7, 11) is 4.08. The molecule has 0 aliphatic heterocycles. The largest absolute Gasteiger partial charge is 0.317 e. The number of hydrogen-bond acceptors (Lipinski definition) is 4. The molecule has 21 heavy (non-hydrogen) atoms. The highest BCUT2D eigenvalue weighted by Crippen LogP contribution is 2.27. The fourth-order valence-electron chi connectivity index (χ4n) is 3.04. The Morgan fingerprint density at radius 3 is 2.62 bits per heavy atom. The third-order valence-corrected chi connectivity index (χ3v) is 4.89. The molecule has 0 saturated heterocycles. The summed E-state index contributed by atoms with van der Waals surface area (Å²) in [6.45, 7) is 0.623. The molecule has 0 amide bonds. The maximum Gasteiger partial charge on any atom is 0.275 e. The van der Waals surface area contributed by atoms with Gasteiger partial charge in [0.1, 0.15) is 0 Å². The number of nitro benzene ring substituents is 1. The number of benzene rings is 1. The zero-order valence-corrected chi connectivity index (χ0v) is 14.1. The van der Waals surface area contributed by atoms with E-state index in [0.29, 0.717) is 18.6 Å². The Hall–Kier alpha value is -0.980. The van der Waals surface area contributed by atoms with Gasteiger partial charge in [-0.2, -0.15) is 0 Å². The fraction of sp³-hybridized carbons (Fsp3) is 0.600. The van der Waals surface area contributed by atoms with Crippen molar-refractivity contribution in [3.63, 3.8) is 0 Å². The van der Waals surface area contributed by atoms with E-state index < -0.39 is 0 Å². The van der Waals surface area contributed by atoms with Crippen LogP contribution in [0.2, 0.25) is 0 Å². The van der Waals surface area contributed by atoms with Crippen LogP contribution < -0.4 is 5.32 Å². The fourth-order valence-corrected chi connectivity index (χ4v) is 3.39. The SMILES string of the molecule is CNC1CCC(N(C)Cc2ccc(Br)cc2[N+](=O)[O-])CC1. The van der Waals surface area contributed by atoms with Crippen LogP contribution in [-0.2, 0) is 6.54 Å². The van der Waals surface area contributed by atoms with Crippen molar-refractivity contribution in [3.05, 3.63) is 38.3 Å². The first-order valence-corrected chi connectivity index (χ1v) is 8.11. The van der Waals surface area contributed by atoms with Crippen LogP contribution in [0.5, 0.6) is 0 Å². The third-order valence-electron chi connectivity index (χ3n) is 4.39. The van der Waals surface area contributed by atoms with Crippen molar-refractivity contribution in [2.45, 2.75) is 44.3 Å². The van der Waals surface area contributed by atoms with Crippen molar-refractivity contribution >= 4 is 21.6 Å². The Morgan fingerprint density at radius 1 is 1.38 bits per heavy atom. The van der Waals surface area contributed by atoms with Gasteiger partial charge < -0.3 is 5.32 Å². The molecule has 0 heterocycles. The molecule has 2 rings (SSSR count). The summed E-state index contributed by atoms with van der Waals surface area (Å²) >= 11 is 3.30. The second-order valence-electron chi connectivity index (χ2n) is 5.74. The highest BCUT2D eigenvalue weighted by molar-refractivity contribution is 9.10. The Kier molecular flexibility index (Phi) is 5.72. The highest BCUT2D eigenvalue weighted by Gasteiger charge is 2.24. The summed E-state index contributed by atoms with van der Waals surface area (Å²) in [6.07, 6.45) is 4.64. The summed E-state index contributed by atoms with van der Waals surface area (Å²) in [4.78, 5) is 13.1. The first kappa shape index (κ1) is 16.4. The van der Waals surface area contributed by atoms with Crippen molar-refractivity contribution < 1.29 is 4.92 Å². The van der Waals surface area contributed by atoms with Gasteiger partial charge in [0.2, 0.25) is 0 Å². The predicted molar refractivity (Wildman–Crippen MR) is 87.4 cm³/mol. The van der Waals surface area contributed by atoms with E-state index in [2.05, 4.69) is 33.2 Å². The predicted octanol–water partition coefficient (Wildman–Crippen LogP) is 3.32. The third kappa shape index (κ3) is 4.25. The number of nitrogens with one attached hydrogen (secondary N) is 1. The molecule has 0 spiro atoms. The van der Waals surface area contributed by atoms with E-state index >= 15 is 0 Å². The molecule has 0 radical (unpaired) electrons. The lowest BCUT2D eigenvalue weighted by molar-refractivity contribution is -0.385. The minimum absolute atomic E-state index is 0.195. The van der Waals surface area contributed by atoms with E-state index in [9.17, 15) is 10.1 Å². The van der Waals surface area contributed by atoms with Gasteiger partial charge in [-0.1, -0.05) is 15.9 Å². The molecule has 5 nitrogen and oxygen atoms in total. The number of hydrogen-bond donors (Lipinski definition) is 1.